The van der Waals surface area contributed by atoms with E-state index in [9.17, 15) is 5.11 Å². The zero-order valence-electron chi connectivity index (χ0n) is 36.9. The molecule has 0 amide bonds. The van der Waals surface area contributed by atoms with Crippen molar-refractivity contribution < 1.29 is 26.2 Å². The molecule has 0 saturated heterocycles. The van der Waals surface area contributed by atoms with Gasteiger partial charge in [0.05, 0.1) is 11.2 Å². The molecule has 4 nitrogen and oxygen atoms in total. The molecule has 0 atom stereocenters. The van der Waals surface area contributed by atoms with Gasteiger partial charge in [0.1, 0.15) is 11.4 Å². The normalized spacial score (nSPS) is 12.9. The summed E-state index contributed by atoms with van der Waals surface area (Å²) in [4.78, 5) is 10.6. The fourth-order valence-electron chi connectivity index (χ4n) is 7.91. The topological polar surface area (TPSA) is 50.9 Å². The van der Waals surface area contributed by atoms with E-state index in [1.807, 2.05) is 12.3 Å². The first-order valence-electron chi connectivity index (χ1n) is 20.4. The van der Waals surface area contributed by atoms with Gasteiger partial charge in [0.25, 0.3) is 0 Å². The summed E-state index contributed by atoms with van der Waals surface area (Å²) >= 11 is 0. The van der Waals surface area contributed by atoms with Crippen molar-refractivity contribution in [2.45, 2.75) is 124 Å². The predicted octanol–water partition coefficient (Wildman–Crippen LogP) is 13.9. The van der Waals surface area contributed by atoms with Crippen molar-refractivity contribution in [3.05, 3.63) is 143 Å². The Labute approximate surface area is 361 Å². The van der Waals surface area contributed by atoms with Gasteiger partial charge in [-0.05, 0) is 79.9 Å². The summed E-state index contributed by atoms with van der Waals surface area (Å²) in [5.74, 6) is 0.290. The predicted molar refractivity (Wildman–Crippen MR) is 241 cm³/mol. The zero-order chi connectivity index (χ0) is 41.5. The summed E-state index contributed by atoms with van der Waals surface area (Å²) in [6, 6.07) is 38.5. The van der Waals surface area contributed by atoms with Crippen LogP contribution in [0.2, 0.25) is 0 Å². The monoisotopic (exact) mass is 949 g/mol. The summed E-state index contributed by atoms with van der Waals surface area (Å²) < 4.78 is 2.21. The number of benzene rings is 4. The molecule has 0 bridgehead atoms. The average molecular weight is 950 g/mol. The van der Waals surface area contributed by atoms with Crippen molar-refractivity contribution in [3.8, 4) is 33.8 Å². The molecule has 3 heterocycles. The van der Waals surface area contributed by atoms with Gasteiger partial charge in [-0.15, -0.1) is 35.4 Å². The second-order valence-corrected chi connectivity index (χ2v) is 20.6. The van der Waals surface area contributed by atoms with Crippen LogP contribution >= 0.6 is 0 Å². The van der Waals surface area contributed by atoms with E-state index in [0.717, 1.165) is 66.8 Å². The summed E-state index contributed by atoms with van der Waals surface area (Å²) in [5.41, 5.74) is 12.1. The summed E-state index contributed by atoms with van der Waals surface area (Å²) in [7, 11) is 0. The average Bonchev–Trinajstić information content (AvgIpc) is 3.46. The molecule has 0 aliphatic carbocycles. The van der Waals surface area contributed by atoms with E-state index in [0.29, 0.717) is 0 Å². The molecule has 3 aromatic heterocycles. The fourth-order valence-corrected chi connectivity index (χ4v) is 7.91. The van der Waals surface area contributed by atoms with Gasteiger partial charge in [-0.1, -0.05) is 151 Å². The van der Waals surface area contributed by atoms with Crippen LogP contribution < -0.4 is 0 Å². The number of nitrogens with zero attached hydrogens (tertiary/aromatic N) is 3. The minimum atomic E-state index is -0.437. The Balaban J connectivity index is 0.00000567. The first-order chi connectivity index (χ1) is 26.5. The van der Waals surface area contributed by atoms with E-state index in [2.05, 4.69) is 199 Å². The number of rotatable bonds is 5. The van der Waals surface area contributed by atoms with Crippen LogP contribution in [0.25, 0.3) is 50.0 Å². The number of aromatic hydroxyl groups is 1. The maximum absolute atomic E-state index is 12.3. The standard InChI is InChI=1S/C53H60N3O.Pt/c1-49(2,3)36-23-24-43-39(29-36)40-32-41(51(7,8)9)46(55-48(40)56(43)44-31-38(50(4,5)6)30-42(47(44)57)52(10,11)12)35-21-18-22-37(27-35)53(13,14)45-28-34(25-26-54-45)33-19-16-15-17-20-33;/h15-26,28-32,57H,1-14H3;/q-1;. The number of phenols is 1. The van der Waals surface area contributed by atoms with Gasteiger partial charge in [-0.2, -0.15) is 0 Å². The van der Waals surface area contributed by atoms with Crippen molar-refractivity contribution in [2.24, 2.45) is 0 Å². The Kier molecular flexibility index (Phi) is 11.1. The summed E-state index contributed by atoms with van der Waals surface area (Å²) in [6.45, 7) is 31.2. The number of aromatic nitrogens is 3. The molecule has 7 rings (SSSR count). The van der Waals surface area contributed by atoms with Crippen LogP contribution in [0.3, 0.4) is 0 Å². The molecule has 0 saturated carbocycles. The molecule has 0 aliphatic rings. The fraction of sp³-hybridized carbons (Fsp3) is 0.358. The molecule has 0 radical (unpaired) electrons. The van der Waals surface area contributed by atoms with Crippen molar-refractivity contribution in [2.75, 3.05) is 0 Å². The quantitative estimate of drug-likeness (QED) is 0.175. The van der Waals surface area contributed by atoms with E-state index < -0.39 is 5.41 Å². The SMILES string of the molecule is CC(C)(C)c1cc(-n2c3ccc(C(C)(C)C)cc3c3cc(C(C)(C)C)c(-c4[c-]c(C(C)(C)c5cc(-c6ccccc6)ccn5)ccc4)nc32)c(O)c(C(C)(C)C)c1.[Pt]. The molecule has 4 aromatic carbocycles. The van der Waals surface area contributed by atoms with Crippen LogP contribution in [0.1, 0.15) is 130 Å². The molecule has 1 N–H and O–H groups in total. The molecular formula is C53H60N3OPt-. The van der Waals surface area contributed by atoms with Gasteiger partial charge < -0.3 is 5.11 Å². The van der Waals surface area contributed by atoms with Crippen LogP contribution in [-0.4, -0.2) is 19.6 Å². The molecule has 0 unspecified atom stereocenters. The smallest absolute Gasteiger partial charge is 0.143 e. The van der Waals surface area contributed by atoms with Gasteiger partial charge in [-0.3, -0.25) is 14.5 Å². The Morgan fingerprint density at radius 1 is 0.569 bits per heavy atom. The van der Waals surface area contributed by atoms with Crippen LogP contribution in [0.5, 0.6) is 5.75 Å². The largest absolute Gasteiger partial charge is 0.505 e. The Morgan fingerprint density at radius 3 is 1.84 bits per heavy atom. The van der Waals surface area contributed by atoms with E-state index >= 15 is 0 Å². The van der Waals surface area contributed by atoms with E-state index in [1.54, 1.807) is 0 Å². The Morgan fingerprint density at radius 2 is 1.22 bits per heavy atom. The second-order valence-electron chi connectivity index (χ2n) is 20.6. The maximum Gasteiger partial charge on any atom is 0.143 e. The third kappa shape index (κ3) is 7.94. The zero-order valence-corrected chi connectivity index (χ0v) is 39.2. The number of fused-ring (bicyclic) bond motifs is 3. The number of hydrogen-bond acceptors (Lipinski definition) is 3. The van der Waals surface area contributed by atoms with Crippen LogP contribution in [0.4, 0.5) is 0 Å². The second kappa shape index (κ2) is 14.9. The van der Waals surface area contributed by atoms with Gasteiger partial charge in [-0.25, -0.2) is 0 Å². The van der Waals surface area contributed by atoms with Gasteiger partial charge in [0.2, 0.25) is 0 Å². The van der Waals surface area contributed by atoms with E-state index in [-0.39, 0.29) is 48.5 Å². The first-order valence-corrected chi connectivity index (χ1v) is 20.4. The van der Waals surface area contributed by atoms with E-state index in [4.69, 9.17) is 9.97 Å². The number of phenolic OH excluding ortho intramolecular Hbond substituents is 1. The van der Waals surface area contributed by atoms with Crippen molar-refractivity contribution in [3.63, 3.8) is 0 Å². The Bertz CT molecular complexity index is 2640. The summed E-state index contributed by atoms with van der Waals surface area (Å²) in [5, 5.41) is 14.5. The molecule has 304 valence electrons. The minimum Gasteiger partial charge on any atom is -0.505 e. The minimum absolute atomic E-state index is 0. The molecule has 7 aromatic rings. The molecule has 0 aliphatic heterocycles. The molecule has 58 heavy (non-hydrogen) atoms. The third-order valence-electron chi connectivity index (χ3n) is 11.7. The van der Waals surface area contributed by atoms with Crippen molar-refractivity contribution in [1.29, 1.82) is 0 Å². The summed E-state index contributed by atoms with van der Waals surface area (Å²) in [6.07, 6.45) is 1.91. The third-order valence-corrected chi connectivity index (χ3v) is 11.7. The number of hydrogen-bond donors (Lipinski definition) is 1. The van der Waals surface area contributed by atoms with Gasteiger partial charge >= 0.3 is 0 Å². The first kappa shape index (κ1) is 43.1. The molecule has 5 heteroatoms. The van der Waals surface area contributed by atoms with E-state index in [1.165, 1.54) is 16.7 Å². The van der Waals surface area contributed by atoms with Crippen LogP contribution in [0.15, 0.2) is 103 Å². The van der Waals surface area contributed by atoms with Crippen LogP contribution in [-0.2, 0) is 48.1 Å². The molecule has 0 fully saturated rings. The molecule has 0 spiro atoms. The molecular weight excluding hydrogens is 890 g/mol. The van der Waals surface area contributed by atoms with Crippen molar-refractivity contribution in [1.82, 2.24) is 14.5 Å². The van der Waals surface area contributed by atoms with Gasteiger partial charge in [0, 0.05) is 54.7 Å². The maximum atomic E-state index is 12.3. The van der Waals surface area contributed by atoms with Crippen molar-refractivity contribution >= 4 is 21.9 Å². The number of pyridine rings is 2. The van der Waals surface area contributed by atoms with Crippen LogP contribution in [0, 0.1) is 6.07 Å². The van der Waals surface area contributed by atoms with Gasteiger partial charge in [0.15, 0.2) is 0 Å². The Hall–Kier alpha value is -4.53.